The third-order valence-electron chi connectivity index (χ3n) is 5.13. The predicted octanol–water partition coefficient (Wildman–Crippen LogP) is 6.56. The maximum Gasteiger partial charge on any atom is 0.236 e. The van der Waals surface area contributed by atoms with E-state index >= 15 is 0 Å². The molecular weight excluding hydrogens is 525 g/mol. The van der Waals surface area contributed by atoms with Gasteiger partial charge in [-0.25, -0.2) is 4.98 Å². The second kappa shape index (κ2) is 12.5. The summed E-state index contributed by atoms with van der Waals surface area (Å²) in [6, 6.07) is 22.4. The molecule has 4 rings (SSSR count). The molecule has 188 valence electrons. The highest BCUT2D eigenvalue weighted by atomic mass is 32.2. The van der Waals surface area contributed by atoms with Crippen molar-refractivity contribution >= 4 is 68.6 Å². The Bertz CT molecular complexity index is 1420. The minimum atomic E-state index is -0.138. The molecule has 0 aliphatic heterocycles. The van der Waals surface area contributed by atoms with Crippen LogP contribution in [0.5, 0.6) is 5.75 Å². The number of rotatable bonds is 9. The fourth-order valence-corrected chi connectivity index (χ4v) is 5.02. The number of ketones is 1. The van der Waals surface area contributed by atoms with Crippen molar-refractivity contribution in [1.82, 2.24) is 4.98 Å². The van der Waals surface area contributed by atoms with Crippen LogP contribution < -0.4 is 20.7 Å². The molecule has 1 aromatic heterocycles. The molecule has 1 amide bonds. The van der Waals surface area contributed by atoms with Crippen molar-refractivity contribution in [3.05, 3.63) is 83.7 Å². The number of carbonyl (C=O) groups is 2. The summed E-state index contributed by atoms with van der Waals surface area (Å²) in [5, 5.41) is 12.0. The van der Waals surface area contributed by atoms with Crippen molar-refractivity contribution in [1.29, 1.82) is 0 Å². The molecule has 0 saturated heterocycles. The third kappa shape index (κ3) is 7.63. The number of aromatic nitrogens is 1. The second-order valence-electron chi connectivity index (χ2n) is 7.85. The smallest absolute Gasteiger partial charge is 0.236 e. The van der Waals surface area contributed by atoms with Crippen LogP contribution in [0.4, 0.5) is 16.5 Å². The number of anilines is 3. The van der Waals surface area contributed by atoms with Crippen LogP contribution >= 0.6 is 35.3 Å². The van der Waals surface area contributed by atoms with Crippen LogP contribution in [-0.4, -0.2) is 34.6 Å². The van der Waals surface area contributed by atoms with Gasteiger partial charge in [-0.1, -0.05) is 18.2 Å². The molecule has 0 unspecified atom stereocenters. The topological polar surface area (TPSA) is 92.4 Å². The number of nitrogens with zero attached hydrogens (tertiary/aromatic N) is 1. The molecule has 0 aliphatic carbocycles. The first kappa shape index (κ1) is 26.3. The van der Waals surface area contributed by atoms with Crippen LogP contribution in [0.2, 0.25) is 0 Å². The van der Waals surface area contributed by atoms with Crippen molar-refractivity contribution < 1.29 is 14.3 Å². The van der Waals surface area contributed by atoms with E-state index in [2.05, 4.69) is 20.9 Å². The van der Waals surface area contributed by atoms with Gasteiger partial charge in [0.05, 0.1) is 18.6 Å². The maximum absolute atomic E-state index is 12.5. The van der Waals surface area contributed by atoms with Gasteiger partial charge in [-0.15, -0.1) is 23.1 Å². The Labute approximate surface area is 228 Å². The van der Waals surface area contributed by atoms with E-state index in [0.717, 1.165) is 33.3 Å². The van der Waals surface area contributed by atoms with Crippen LogP contribution in [0.15, 0.2) is 83.1 Å². The Morgan fingerprint density at radius 2 is 1.73 bits per heavy atom. The second-order valence-corrected chi connectivity index (χ2v) is 10.2. The molecule has 37 heavy (non-hydrogen) atoms. The summed E-state index contributed by atoms with van der Waals surface area (Å²) in [6.07, 6.45) is 0. The molecule has 0 atom stereocenters. The average Bonchev–Trinajstić information content (AvgIpc) is 3.36. The number of ether oxygens (including phenoxy) is 1. The average molecular weight is 549 g/mol. The number of methoxy groups -OCH3 is 1. The van der Waals surface area contributed by atoms with E-state index in [1.807, 2.05) is 53.9 Å². The normalized spacial score (nSPS) is 10.4. The number of thiazole rings is 1. The minimum Gasteiger partial charge on any atom is -0.497 e. The molecule has 1 heterocycles. The number of thiocarbonyl (C=S) groups is 1. The first-order valence-corrected chi connectivity index (χ1v) is 13.5. The molecule has 0 radical (unpaired) electrons. The molecule has 3 N–H and O–H groups in total. The van der Waals surface area contributed by atoms with Crippen molar-refractivity contribution in [3.63, 3.8) is 0 Å². The molecule has 0 bridgehead atoms. The molecule has 0 aliphatic rings. The number of Topliss-reactive ketones (excluding diaryl/α,β-unsaturated/α-hetero) is 1. The molecule has 0 saturated carbocycles. The molecule has 0 spiro atoms. The highest BCUT2D eigenvalue weighted by molar-refractivity contribution is 8.00. The van der Waals surface area contributed by atoms with Gasteiger partial charge < -0.3 is 20.7 Å². The predicted molar refractivity (Wildman–Crippen MR) is 156 cm³/mol. The lowest BCUT2D eigenvalue weighted by Crippen LogP contribution is -2.19. The summed E-state index contributed by atoms with van der Waals surface area (Å²) in [7, 11) is 1.62. The van der Waals surface area contributed by atoms with Gasteiger partial charge in [0.2, 0.25) is 5.91 Å². The first-order valence-electron chi connectivity index (χ1n) is 11.2. The van der Waals surface area contributed by atoms with E-state index in [4.69, 9.17) is 17.0 Å². The van der Waals surface area contributed by atoms with Gasteiger partial charge in [0.25, 0.3) is 0 Å². The van der Waals surface area contributed by atoms with Crippen LogP contribution in [0.1, 0.15) is 17.3 Å². The summed E-state index contributed by atoms with van der Waals surface area (Å²) in [5.41, 5.74) is 3.93. The summed E-state index contributed by atoms with van der Waals surface area (Å²) in [5.74, 6) is 0.868. The van der Waals surface area contributed by atoms with Crippen molar-refractivity contribution in [2.45, 2.75) is 11.8 Å². The number of hydrogen-bond acceptors (Lipinski definition) is 7. The molecular formula is C27H24N4O3S3. The number of amides is 1. The third-order valence-corrected chi connectivity index (χ3v) is 7.08. The van der Waals surface area contributed by atoms with Crippen molar-refractivity contribution in [2.75, 3.05) is 28.8 Å². The Kier molecular flexibility index (Phi) is 8.89. The zero-order chi connectivity index (χ0) is 26.2. The Balaban J connectivity index is 1.28. The Morgan fingerprint density at radius 1 is 0.973 bits per heavy atom. The highest BCUT2D eigenvalue weighted by Gasteiger charge is 2.10. The summed E-state index contributed by atoms with van der Waals surface area (Å²) >= 11 is 8.20. The number of hydrogen-bond donors (Lipinski definition) is 3. The van der Waals surface area contributed by atoms with E-state index in [0.29, 0.717) is 15.8 Å². The Morgan fingerprint density at radius 3 is 2.49 bits per heavy atom. The summed E-state index contributed by atoms with van der Waals surface area (Å²) in [6.45, 7) is 1.53. The van der Waals surface area contributed by atoms with Crippen molar-refractivity contribution in [3.8, 4) is 17.0 Å². The number of benzene rings is 3. The quantitative estimate of drug-likeness (QED) is 0.123. The number of thioether (sulfide) groups is 1. The zero-order valence-corrected chi connectivity index (χ0v) is 22.6. The SMILES string of the molecule is COc1cccc(-c2csc(NC(=O)CSc3cccc(NC(=S)Nc4ccc(C(C)=O)cc4)c3)n2)c1. The molecule has 3 aromatic carbocycles. The van der Waals surface area contributed by atoms with Gasteiger partial charge in [0.1, 0.15) is 5.75 Å². The van der Waals surface area contributed by atoms with Gasteiger partial charge in [-0.05, 0) is 73.7 Å². The standard InChI is InChI=1S/C27H24N4O3S3/c1-17(32)18-9-11-20(12-10-18)28-26(35)29-21-6-4-8-23(14-21)36-16-25(33)31-27-30-24(15-37-27)19-5-3-7-22(13-19)34-2/h3-15H,16H2,1-2H3,(H2,28,29,35)(H,30,31,33). The van der Waals surface area contributed by atoms with Crippen LogP contribution in [0.3, 0.4) is 0 Å². The molecule has 4 aromatic rings. The number of carbonyl (C=O) groups excluding carboxylic acids is 2. The van der Waals surface area contributed by atoms with Crippen LogP contribution in [-0.2, 0) is 4.79 Å². The number of nitrogens with one attached hydrogen (secondary N) is 3. The van der Waals surface area contributed by atoms with E-state index in [9.17, 15) is 9.59 Å². The Hall–Kier alpha value is -3.73. The molecule has 7 nitrogen and oxygen atoms in total. The summed E-state index contributed by atoms with van der Waals surface area (Å²) < 4.78 is 5.27. The van der Waals surface area contributed by atoms with Gasteiger partial charge in [-0.2, -0.15) is 0 Å². The fraction of sp³-hybridized carbons (Fsp3) is 0.111. The lowest BCUT2D eigenvalue weighted by Gasteiger charge is -2.12. The van der Waals surface area contributed by atoms with Gasteiger partial charge >= 0.3 is 0 Å². The maximum atomic E-state index is 12.5. The van der Waals surface area contributed by atoms with Crippen LogP contribution in [0, 0.1) is 0 Å². The lowest BCUT2D eigenvalue weighted by molar-refractivity contribution is -0.113. The van der Waals surface area contributed by atoms with Gasteiger partial charge in [0.15, 0.2) is 16.0 Å². The van der Waals surface area contributed by atoms with E-state index in [-0.39, 0.29) is 17.4 Å². The minimum absolute atomic E-state index is 0.0138. The summed E-state index contributed by atoms with van der Waals surface area (Å²) in [4.78, 5) is 29.4. The van der Waals surface area contributed by atoms with Gasteiger partial charge in [-0.3, -0.25) is 9.59 Å². The lowest BCUT2D eigenvalue weighted by atomic mass is 10.1. The van der Waals surface area contributed by atoms with E-state index in [1.54, 1.807) is 31.4 Å². The fourth-order valence-electron chi connectivity index (χ4n) is 3.30. The van der Waals surface area contributed by atoms with E-state index in [1.165, 1.54) is 30.0 Å². The van der Waals surface area contributed by atoms with Gasteiger partial charge in [0, 0.05) is 32.8 Å². The molecule has 10 heteroatoms. The van der Waals surface area contributed by atoms with E-state index < -0.39 is 0 Å². The highest BCUT2D eigenvalue weighted by Crippen LogP contribution is 2.28. The first-order chi connectivity index (χ1) is 17.9. The zero-order valence-electron chi connectivity index (χ0n) is 20.1. The van der Waals surface area contributed by atoms with Crippen molar-refractivity contribution in [2.24, 2.45) is 0 Å². The largest absolute Gasteiger partial charge is 0.497 e. The van der Waals surface area contributed by atoms with Crippen LogP contribution in [0.25, 0.3) is 11.3 Å². The molecule has 0 fully saturated rings. The monoisotopic (exact) mass is 548 g/mol.